The number of carbonyl (C=O) groups is 1. The zero-order valence-corrected chi connectivity index (χ0v) is 9.35. The summed E-state index contributed by atoms with van der Waals surface area (Å²) in [6.07, 6.45) is -1.53. The summed E-state index contributed by atoms with van der Waals surface area (Å²) in [5.74, 6) is -1.20. The zero-order chi connectivity index (χ0) is 13.5. The normalized spacial score (nSPS) is 12.2. The molecule has 0 saturated carbocycles. The molecule has 0 aliphatic rings. The largest absolute Gasteiger partial charge is 0.481 e. The molecule has 0 fully saturated rings. The number of halogens is 2. The van der Waals surface area contributed by atoms with E-state index >= 15 is 0 Å². The van der Waals surface area contributed by atoms with Crippen molar-refractivity contribution >= 4 is 11.7 Å². The van der Waals surface area contributed by atoms with Crippen molar-refractivity contribution in [2.45, 2.75) is 19.1 Å². The smallest absolute Gasteiger partial charge is 0.387 e. The predicted octanol–water partition coefficient (Wildman–Crippen LogP) is 1.54. The highest BCUT2D eigenvalue weighted by Gasteiger charge is 2.12. The Morgan fingerprint density at radius 3 is 2.67 bits per heavy atom. The average molecular weight is 261 g/mol. The van der Waals surface area contributed by atoms with Gasteiger partial charge >= 0.3 is 12.6 Å². The van der Waals surface area contributed by atoms with Crippen LogP contribution in [0.5, 0.6) is 5.75 Å². The van der Waals surface area contributed by atoms with E-state index in [1.165, 1.54) is 18.2 Å². The lowest BCUT2D eigenvalue weighted by atomic mass is 10.2. The lowest BCUT2D eigenvalue weighted by Gasteiger charge is -2.14. The van der Waals surface area contributed by atoms with E-state index in [4.69, 9.17) is 5.11 Å². The Morgan fingerprint density at radius 2 is 2.06 bits per heavy atom. The number of anilines is 1. The molecule has 1 aromatic rings. The highest BCUT2D eigenvalue weighted by Crippen LogP contribution is 2.25. The van der Waals surface area contributed by atoms with Gasteiger partial charge in [-0.3, -0.25) is 4.79 Å². The maximum absolute atomic E-state index is 12.1. The molecule has 0 amide bonds. The molecule has 0 aliphatic carbocycles. The van der Waals surface area contributed by atoms with E-state index in [9.17, 15) is 18.7 Å². The van der Waals surface area contributed by atoms with Crippen LogP contribution in [0.4, 0.5) is 14.5 Å². The average Bonchev–Trinajstić information content (AvgIpc) is 2.26. The number of aliphatic carboxylic acids is 1. The van der Waals surface area contributed by atoms with Gasteiger partial charge in [-0.2, -0.15) is 8.78 Å². The van der Waals surface area contributed by atoms with Crippen LogP contribution in [-0.2, 0) is 4.79 Å². The fourth-order valence-electron chi connectivity index (χ4n) is 1.31. The van der Waals surface area contributed by atoms with Crippen LogP contribution < -0.4 is 10.1 Å². The van der Waals surface area contributed by atoms with Crippen LogP contribution >= 0.6 is 0 Å². The van der Waals surface area contributed by atoms with E-state index in [1.54, 1.807) is 6.07 Å². The summed E-state index contributed by atoms with van der Waals surface area (Å²) in [6.45, 7) is -3.02. The Morgan fingerprint density at radius 1 is 1.39 bits per heavy atom. The molecule has 0 spiro atoms. The topological polar surface area (TPSA) is 78.8 Å². The summed E-state index contributed by atoms with van der Waals surface area (Å²) in [5, 5.41) is 20.4. The first-order valence-corrected chi connectivity index (χ1v) is 5.16. The van der Waals surface area contributed by atoms with Crippen molar-refractivity contribution in [1.29, 1.82) is 0 Å². The molecule has 0 aromatic heterocycles. The molecular formula is C11H13F2NO4. The molecule has 5 nitrogen and oxygen atoms in total. The van der Waals surface area contributed by atoms with Gasteiger partial charge in [0.05, 0.1) is 18.2 Å². The molecule has 0 radical (unpaired) electrons. The molecule has 3 N–H and O–H groups in total. The van der Waals surface area contributed by atoms with E-state index < -0.39 is 25.1 Å². The highest BCUT2D eigenvalue weighted by molar-refractivity contribution is 5.67. The maximum atomic E-state index is 12.1. The molecule has 100 valence electrons. The minimum Gasteiger partial charge on any atom is -0.481 e. The van der Waals surface area contributed by atoms with Crippen molar-refractivity contribution in [2.24, 2.45) is 0 Å². The van der Waals surface area contributed by atoms with Crippen LogP contribution in [0.15, 0.2) is 24.3 Å². The van der Waals surface area contributed by atoms with Crippen LogP contribution in [0.3, 0.4) is 0 Å². The van der Waals surface area contributed by atoms with Gasteiger partial charge < -0.3 is 20.3 Å². The Balaban J connectivity index is 2.58. The van der Waals surface area contributed by atoms with E-state index in [0.29, 0.717) is 0 Å². The van der Waals surface area contributed by atoms with E-state index in [0.717, 1.165) is 0 Å². The van der Waals surface area contributed by atoms with Crippen molar-refractivity contribution in [2.75, 3.05) is 11.9 Å². The zero-order valence-electron chi connectivity index (χ0n) is 9.35. The van der Waals surface area contributed by atoms with Crippen LogP contribution in [-0.4, -0.2) is 35.4 Å². The summed E-state index contributed by atoms with van der Waals surface area (Å²) >= 11 is 0. The number of hydrogen-bond donors (Lipinski definition) is 3. The second-order valence-corrected chi connectivity index (χ2v) is 3.51. The third-order valence-corrected chi connectivity index (χ3v) is 2.04. The fourth-order valence-corrected chi connectivity index (χ4v) is 1.31. The first-order chi connectivity index (χ1) is 8.49. The number of benzene rings is 1. The van der Waals surface area contributed by atoms with Crippen molar-refractivity contribution in [3.05, 3.63) is 24.3 Å². The molecule has 0 aliphatic heterocycles. The summed E-state index contributed by atoms with van der Waals surface area (Å²) in [5.41, 5.74) is 0.266. The number of ether oxygens (including phenoxy) is 1. The predicted molar refractivity (Wildman–Crippen MR) is 59.8 cm³/mol. The van der Waals surface area contributed by atoms with Crippen LogP contribution in [0.25, 0.3) is 0 Å². The second-order valence-electron chi connectivity index (χ2n) is 3.51. The molecule has 0 bridgehead atoms. The molecule has 18 heavy (non-hydrogen) atoms. The first-order valence-electron chi connectivity index (χ1n) is 5.16. The van der Waals surface area contributed by atoms with E-state index in [2.05, 4.69) is 10.1 Å². The van der Waals surface area contributed by atoms with Gasteiger partial charge in [0.25, 0.3) is 0 Å². The van der Waals surface area contributed by atoms with Gasteiger partial charge in [-0.15, -0.1) is 0 Å². The third-order valence-electron chi connectivity index (χ3n) is 2.04. The first kappa shape index (κ1) is 14.2. The molecular weight excluding hydrogens is 248 g/mol. The Labute approximate surface area is 102 Å². The summed E-state index contributed by atoms with van der Waals surface area (Å²) < 4.78 is 28.5. The third kappa shape index (κ3) is 4.96. The lowest BCUT2D eigenvalue weighted by molar-refractivity contribution is -0.138. The number of alkyl halides is 2. The Kier molecular flexibility index (Phi) is 5.31. The van der Waals surface area contributed by atoms with Crippen LogP contribution in [0.1, 0.15) is 6.42 Å². The number of para-hydroxylation sites is 2. The summed E-state index contributed by atoms with van der Waals surface area (Å²) in [4.78, 5) is 10.3. The van der Waals surface area contributed by atoms with Crippen molar-refractivity contribution < 1.29 is 28.5 Å². The minimum absolute atomic E-state index is 0.0602. The van der Waals surface area contributed by atoms with Gasteiger partial charge in [0.2, 0.25) is 0 Å². The van der Waals surface area contributed by atoms with Gasteiger partial charge in [-0.05, 0) is 12.1 Å². The molecule has 1 unspecified atom stereocenters. The van der Waals surface area contributed by atoms with Gasteiger partial charge in [-0.25, -0.2) is 0 Å². The summed E-state index contributed by atoms with van der Waals surface area (Å²) in [7, 11) is 0. The van der Waals surface area contributed by atoms with Crippen molar-refractivity contribution in [1.82, 2.24) is 0 Å². The summed E-state index contributed by atoms with van der Waals surface area (Å²) in [6, 6.07) is 5.96. The Hall–Kier alpha value is -1.89. The number of aliphatic hydroxyl groups excluding tert-OH is 1. The highest BCUT2D eigenvalue weighted by atomic mass is 19.3. The van der Waals surface area contributed by atoms with Gasteiger partial charge in [0.15, 0.2) is 0 Å². The Bertz CT molecular complexity index is 400. The number of rotatable bonds is 7. The minimum atomic E-state index is -2.95. The van der Waals surface area contributed by atoms with Gasteiger partial charge in [-0.1, -0.05) is 12.1 Å². The second kappa shape index (κ2) is 6.75. The fraction of sp³-hybridized carbons (Fsp3) is 0.364. The number of nitrogens with one attached hydrogen (secondary N) is 1. The molecule has 0 heterocycles. The molecule has 1 aromatic carbocycles. The monoisotopic (exact) mass is 261 g/mol. The number of carboxylic acids is 1. The van der Waals surface area contributed by atoms with Crippen LogP contribution in [0.2, 0.25) is 0 Å². The number of hydrogen-bond acceptors (Lipinski definition) is 4. The quantitative estimate of drug-likeness (QED) is 0.693. The molecule has 1 rings (SSSR count). The standard InChI is InChI=1S/C11H13F2NO4/c12-11(13)18-9-4-2-1-3-8(9)14-6-7(15)5-10(16)17/h1-4,7,11,14-15H,5-6H2,(H,16,17). The van der Waals surface area contributed by atoms with Crippen molar-refractivity contribution in [3.63, 3.8) is 0 Å². The van der Waals surface area contributed by atoms with Crippen LogP contribution in [0, 0.1) is 0 Å². The van der Waals surface area contributed by atoms with Gasteiger partial charge in [0, 0.05) is 6.54 Å². The molecule has 0 saturated heterocycles. The molecule has 7 heteroatoms. The van der Waals surface area contributed by atoms with E-state index in [1.807, 2.05) is 0 Å². The maximum Gasteiger partial charge on any atom is 0.387 e. The number of carboxylic acid groups (broad SMARTS) is 1. The van der Waals surface area contributed by atoms with Crippen molar-refractivity contribution in [3.8, 4) is 5.75 Å². The van der Waals surface area contributed by atoms with E-state index in [-0.39, 0.29) is 18.0 Å². The molecule has 1 atom stereocenters. The van der Waals surface area contributed by atoms with Gasteiger partial charge in [0.1, 0.15) is 5.75 Å². The number of aliphatic hydroxyl groups is 1. The SMILES string of the molecule is O=C(O)CC(O)CNc1ccccc1OC(F)F. The lowest BCUT2D eigenvalue weighted by Crippen LogP contribution is -2.23.